The van der Waals surface area contributed by atoms with Gasteiger partial charge in [0.2, 0.25) is 0 Å². The summed E-state index contributed by atoms with van der Waals surface area (Å²) in [6.07, 6.45) is 2.62. The minimum Gasteiger partial charge on any atom is -0.497 e. The highest BCUT2D eigenvalue weighted by Gasteiger charge is 2.06. The summed E-state index contributed by atoms with van der Waals surface area (Å²) in [7, 11) is 1.67. The fraction of sp³-hybridized carbons (Fsp3) is 0.261. The van der Waals surface area contributed by atoms with Crippen LogP contribution in [-0.4, -0.2) is 19.4 Å². The minimum absolute atomic E-state index is 0.236. The number of anilines is 1. The van der Waals surface area contributed by atoms with E-state index in [4.69, 9.17) is 4.74 Å². The molecule has 1 N–H and O–H groups in total. The molecule has 3 aromatic carbocycles. The Balaban J connectivity index is 0.000000181. The van der Waals surface area contributed by atoms with Crippen molar-refractivity contribution in [2.45, 2.75) is 26.2 Å². The zero-order valence-electron chi connectivity index (χ0n) is 15.4. The van der Waals surface area contributed by atoms with Crippen LogP contribution in [0.2, 0.25) is 0 Å². The van der Waals surface area contributed by atoms with Gasteiger partial charge in [-0.25, -0.2) is 0 Å². The second-order valence-corrected chi connectivity index (χ2v) is 6.58. The zero-order chi connectivity index (χ0) is 18.4. The molecule has 0 saturated heterocycles. The van der Waals surface area contributed by atoms with E-state index in [1.807, 2.05) is 18.2 Å². The van der Waals surface area contributed by atoms with Gasteiger partial charge in [-0.05, 0) is 59.9 Å². The van der Waals surface area contributed by atoms with E-state index in [0.29, 0.717) is 6.42 Å². The lowest BCUT2D eigenvalue weighted by Gasteiger charge is -2.05. The average molecular weight is 347 g/mol. The van der Waals surface area contributed by atoms with Gasteiger partial charge in [-0.15, -0.1) is 0 Å². The number of nitrogens with one attached hydrogen (secondary N) is 1. The van der Waals surface area contributed by atoms with Gasteiger partial charge in [-0.1, -0.05) is 42.5 Å². The molecule has 0 amide bonds. The molecule has 0 spiro atoms. The van der Waals surface area contributed by atoms with Gasteiger partial charge in [0.15, 0.2) is 0 Å². The molecule has 0 unspecified atom stereocenters. The molecule has 0 radical (unpaired) electrons. The van der Waals surface area contributed by atoms with E-state index >= 15 is 0 Å². The predicted molar refractivity (Wildman–Crippen MR) is 108 cm³/mol. The van der Waals surface area contributed by atoms with Crippen LogP contribution < -0.4 is 10.1 Å². The molecular weight excluding hydrogens is 322 g/mol. The third-order valence-electron chi connectivity index (χ3n) is 4.60. The van der Waals surface area contributed by atoms with E-state index in [1.54, 1.807) is 14.0 Å². The quantitative estimate of drug-likeness (QED) is 0.720. The van der Waals surface area contributed by atoms with Gasteiger partial charge in [-0.2, -0.15) is 0 Å². The van der Waals surface area contributed by atoms with E-state index < -0.39 is 0 Å². The van der Waals surface area contributed by atoms with E-state index in [2.05, 4.69) is 47.8 Å². The number of Topliss-reactive ketones (excluding diaryl/α,β-unsaturated/α-hetero) is 1. The summed E-state index contributed by atoms with van der Waals surface area (Å²) < 4.78 is 5.19. The first-order valence-electron chi connectivity index (χ1n) is 9.03. The van der Waals surface area contributed by atoms with E-state index in [9.17, 15) is 4.79 Å². The lowest BCUT2D eigenvalue weighted by molar-refractivity contribution is -0.116. The van der Waals surface area contributed by atoms with E-state index in [1.165, 1.54) is 28.6 Å². The van der Waals surface area contributed by atoms with Crippen LogP contribution in [0.5, 0.6) is 5.75 Å². The molecule has 3 heteroatoms. The van der Waals surface area contributed by atoms with Crippen LogP contribution in [0.1, 0.15) is 24.5 Å². The highest BCUT2D eigenvalue weighted by Crippen LogP contribution is 2.22. The van der Waals surface area contributed by atoms with Crippen molar-refractivity contribution in [3.05, 3.63) is 71.8 Å². The van der Waals surface area contributed by atoms with Gasteiger partial charge in [0.25, 0.3) is 0 Å². The van der Waals surface area contributed by atoms with Gasteiger partial charge in [0.1, 0.15) is 11.5 Å². The van der Waals surface area contributed by atoms with Crippen molar-refractivity contribution in [3.63, 3.8) is 0 Å². The number of aryl methyl sites for hydroxylation is 1. The second-order valence-electron chi connectivity index (χ2n) is 6.58. The maximum absolute atomic E-state index is 10.9. The van der Waals surface area contributed by atoms with Crippen LogP contribution in [0.15, 0.2) is 60.7 Å². The van der Waals surface area contributed by atoms with Gasteiger partial charge >= 0.3 is 0 Å². The predicted octanol–water partition coefficient (Wildman–Crippen LogP) is 5.02. The van der Waals surface area contributed by atoms with Crippen LogP contribution in [0.25, 0.3) is 10.8 Å². The molecule has 0 aromatic heterocycles. The first-order valence-corrected chi connectivity index (χ1v) is 9.03. The van der Waals surface area contributed by atoms with Gasteiger partial charge in [-0.3, -0.25) is 0 Å². The maximum Gasteiger partial charge on any atom is 0.130 e. The Morgan fingerprint density at radius 2 is 1.81 bits per heavy atom. The number of para-hydroxylation sites is 1. The van der Waals surface area contributed by atoms with Crippen LogP contribution in [0, 0.1) is 0 Å². The Labute approximate surface area is 155 Å². The van der Waals surface area contributed by atoms with Crippen molar-refractivity contribution in [2.75, 3.05) is 19.0 Å². The molecule has 0 atom stereocenters. The van der Waals surface area contributed by atoms with Crippen molar-refractivity contribution >= 4 is 22.2 Å². The Bertz CT molecular complexity index is 879. The monoisotopic (exact) mass is 347 g/mol. The summed E-state index contributed by atoms with van der Waals surface area (Å²) in [6.45, 7) is 2.74. The topological polar surface area (TPSA) is 38.3 Å². The van der Waals surface area contributed by atoms with Crippen LogP contribution in [0.3, 0.4) is 0 Å². The summed E-state index contributed by atoms with van der Waals surface area (Å²) in [4.78, 5) is 10.9. The van der Waals surface area contributed by atoms with Crippen LogP contribution in [0.4, 0.5) is 5.69 Å². The SMILES string of the molecule is COc1ccc2cc(CCC(C)=O)ccc2c1.c1ccc2c(c1)CCN2. The molecule has 1 heterocycles. The summed E-state index contributed by atoms with van der Waals surface area (Å²) in [5, 5.41) is 5.65. The van der Waals surface area contributed by atoms with Gasteiger partial charge in [0, 0.05) is 18.7 Å². The summed E-state index contributed by atoms with van der Waals surface area (Å²) in [5.74, 6) is 1.11. The Hall–Kier alpha value is -2.81. The van der Waals surface area contributed by atoms with Crippen molar-refractivity contribution in [3.8, 4) is 5.75 Å². The summed E-state index contributed by atoms with van der Waals surface area (Å²) in [5.41, 5.74) is 3.98. The number of carbonyl (C=O) groups excluding carboxylic acids is 1. The summed E-state index contributed by atoms with van der Waals surface area (Å²) in [6, 6.07) is 20.8. The first-order chi connectivity index (χ1) is 12.7. The Morgan fingerprint density at radius 1 is 1.04 bits per heavy atom. The van der Waals surface area contributed by atoms with Crippen molar-refractivity contribution < 1.29 is 9.53 Å². The minimum atomic E-state index is 0.236. The third kappa shape index (κ3) is 4.63. The van der Waals surface area contributed by atoms with Crippen molar-refractivity contribution in [2.24, 2.45) is 0 Å². The average Bonchev–Trinajstić information content (AvgIpc) is 3.15. The number of benzene rings is 3. The number of methoxy groups -OCH3 is 1. The Morgan fingerprint density at radius 3 is 2.58 bits per heavy atom. The number of rotatable bonds is 4. The fourth-order valence-corrected chi connectivity index (χ4v) is 3.12. The molecule has 3 aromatic rings. The maximum atomic E-state index is 10.9. The molecule has 0 bridgehead atoms. The van der Waals surface area contributed by atoms with Crippen molar-refractivity contribution in [1.29, 1.82) is 0 Å². The lowest BCUT2D eigenvalue weighted by Crippen LogP contribution is -1.93. The number of hydrogen-bond acceptors (Lipinski definition) is 3. The molecule has 134 valence electrons. The van der Waals surface area contributed by atoms with E-state index in [-0.39, 0.29) is 5.78 Å². The largest absolute Gasteiger partial charge is 0.497 e. The van der Waals surface area contributed by atoms with Crippen LogP contribution >= 0.6 is 0 Å². The van der Waals surface area contributed by atoms with Crippen LogP contribution in [-0.2, 0) is 17.6 Å². The summed E-state index contributed by atoms with van der Waals surface area (Å²) >= 11 is 0. The third-order valence-corrected chi connectivity index (χ3v) is 4.60. The molecule has 4 rings (SSSR count). The number of fused-ring (bicyclic) bond motifs is 2. The first kappa shape index (κ1) is 18.0. The lowest BCUT2D eigenvalue weighted by atomic mass is 10.0. The molecule has 0 fully saturated rings. The number of hydrogen-bond donors (Lipinski definition) is 1. The molecule has 1 aliphatic rings. The highest BCUT2D eigenvalue weighted by molar-refractivity contribution is 5.84. The van der Waals surface area contributed by atoms with Gasteiger partial charge in [0.05, 0.1) is 7.11 Å². The zero-order valence-corrected chi connectivity index (χ0v) is 15.4. The molecule has 26 heavy (non-hydrogen) atoms. The molecule has 1 aliphatic heterocycles. The molecule has 0 saturated carbocycles. The van der Waals surface area contributed by atoms with Crippen molar-refractivity contribution in [1.82, 2.24) is 0 Å². The second kappa shape index (κ2) is 8.52. The molecular formula is C23H25NO2. The number of ketones is 1. The normalized spacial score (nSPS) is 11.9. The standard InChI is InChI=1S/C15H16O2.C8H9N/c1-11(16)3-4-12-5-6-14-10-15(17-2)8-7-13(14)9-12;1-2-4-8-7(3-1)5-6-9-8/h5-10H,3-4H2,1-2H3;1-4,9H,5-6H2. The number of ether oxygens (including phenoxy) is 1. The Kier molecular flexibility index (Phi) is 5.90. The van der Waals surface area contributed by atoms with E-state index in [0.717, 1.165) is 24.1 Å². The molecule has 3 nitrogen and oxygen atoms in total. The van der Waals surface area contributed by atoms with Gasteiger partial charge < -0.3 is 14.8 Å². The smallest absolute Gasteiger partial charge is 0.130 e. The fourth-order valence-electron chi connectivity index (χ4n) is 3.12. The molecule has 0 aliphatic carbocycles. The number of carbonyl (C=O) groups is 1. The highest BCUT2D eigenvalue weighted by atomic mass is 16.5.